The van der Waals surface area contributed by atoms with Gasteiger partial charge in [-0.25, -0.2) is 4.98 Å². The number of halogens is 1. The third-order valence-corrected chi connectivity index (χ3v) is 4.15. The van der Waals surface area contributed by atoms with Crippen molar-refractivity contribution in [3.63, 3.8) is 0 Å². The van der Waals surface area contributed by atoms with Crippen LogP contribution in [0.4, 0.5) is 0 Å². The highest BCUT2D eigenvalue weighted by Crippen LogP contribution is 2.34. The van der Waals surface area contributed by atoms with E-state index in [1.165, 1.54) is 19.3 Å². The Bertz CT molecular complexity index is 326. The molecule has 0 amide bonds. The summed E-state index contributed by atoms with van der Waals surface area (Å²) in [5, 5.41) is 15.8. The molecule has 2 rings (SSSR count). The van der Waals surface area contributed by atoms with Crippen LogP contribution in [0.2, 0.25) is 0 Å². The predicted molar refractivity (Wildman–Crippen MR) is 69.2 cm³/mol. The number of aliphatic hydroxyl groups excluding tert-OH is 1. The van der Waals surface area contributed by atoms with Crippen LogP contribution in [-0.2, 0) is 6.54 Å². The first-order valence-corrected chi connectivity index (χ1v) is 6.39. The normalized spacial score (nSPS) is 17.6. The lowest BCUT2D eigenvalue weighted by atomic mass is 9.74. The number of aliphatic hydroxyl groups is 1. The molecule has 5 heteroatoms. The summed E-state index contributed by atoms with van der Waals surface area (Å²) in [6, 6.07) is 0. The molecule has 1 fully saturated rings. The van der Waals surface area contributed by atoms with Crippen LogP contribution in [0.15, 0.2) is 5.38 Å². The first kappa shape index (κ1) is 13.9. The monoisotopic (exact) mass is 262 g/mol. The molecule has 0 atom stereocenters. The van der Waals surface area contributed by atoms with E-state index in [-0.39, 0.29) is 24.6 Å². The van der Waals surface area contributed by atoms with Crippen LogP contribution < -0.4 is 5.32 Å². The minimum absolute atomic E-state index is 0. The summed E-state index contributed by atoms with van der Waals surface area (Å²) < 4.78 is 0. The Hall–Kier alpha value is -0.160. The number of thiazole rings is 1. The summed E-state index contributed by atoms with van der Waals surface area (Å²) in [5.41, 5.74) is 1.30. The van der Waals surface area contributed by atoms with Gasteiger partial charge in [-0.15, -0.1) is 23.7 Å². The van der Waals surface area contributed by atoms with Crippen molar-refractivity contribution >= 4 is 23.7 Å². The van der Waals surface area contributed by atoms with Gasteiger partial charge in [-0.2, -0.15) is 0 Å². The molecule has 1 aliphatic rings. The second kappa shape index (κ2) is 5.96. The lowest BCUT2D eigenvalue weighted by Crippen LogP contribution is -2.51. The largest absolute Gasteiger partial charge is 0.396 e. The van der Waals surface area contributed by atoms with Gasteiger partial charge < -0.3 is 10.4 Å². The van der Waals surface area contributed by atoms with Gasteiger partial charge in [0.15, 0.2) is 0 Å². The van der Waals surface area contributed by atoms with Crippen molar-refractivity contribution in [1.82, 2.24) is 10.3 Å². The summed E-state index contributed by atoms with van der Waals surface area (Å²) in [5.74, 6) is 0. The van der Waals surface area contributed by atoms with Gasteiger partial charge in [0.25, 0.3) is 0 Å². The molecule has 0 unspecified atom stereocenters. The van der Waals surface area contributed by atoms with Crippen molar-refractivity contribution in [3.05, 3.63) is 16.1 Å². The standard InChI is InChI=1S/C11H18N2OS.ClH/c1-9-8-15-10(13-9)7-12-11(5-6-14)3-2-4-11;/h8,12,14H,2-7H2,1H3;1H. The van der Waals surface area contributed by atoms with Crippen LogP contribution in [0.25, 0.3) is 0 Å². The van der Waals surface area contributed by atoms with E-state index in [1.807, 2.05) is 6.92 Å². The molecule has 1 saturated carbocycles. The maximum absolute atomic E-state index is 9.02. The number of hydrogen-bond donors (Lipinski definition) is 2. The van der Waals surface area contributed by atoms with E-state index >= 15 is 0 Å². The fourth-order valence-electron chi connectivity index (χ4n) is 2.08. The van der Waals surface area contributed by atoms with Crippen molar-refractivity contribution < 1.29 is 5.11 Å². The zero-order chi connectivity index (χ0) is 10.7. The summed E-state index contributed by atoms with van der Waals surface area (Å²) in [6.07, 6.45) is 4.54. The van der Waals surface area contributed by atoms with E-state index in [2.05, 4.69) is 15.7 Å². The van der Waals surface area contributed by atoms with Crippen LogP contribution >= 0.6 is 23.7 Å². The van der Waals surface area contributed by atoms with Crippen LogP contribution in [0.1, 0.15) is 36.4 Å². The summed E-state index contributed by atoms with van der Waals surface area (Å²) in [6.45, 7) is 3.15. The van der Waals surface area contributed by atoms with Gasteiger partial charge in [-0.3, -0.25) is 0 Å². The molecular weight excluding hydrogens is 244 g/mol. The van der Waals surface area contributed by atoms with E-state index in [4.69, 9.17) is 5.11 Å². The number of nitrogens with zero attached hydrogens (tertiary/aromatic N) is 1. The fourth-order valence-corrected chi connectivity index (χ4v) is 2.79. The maximum atomic E-state index is 9.02. The number of nitrogens with one attached hydrogen (secondary N) is 1. The topological polar surface area (TPSA) is 45.1 Å². The van der Waals surface area contributed by atoms with E-state index in [0.717, 1.165) is 23.7 Å². The molecule has 0 saturated heterocycles. The average molecular weight is 263 g/mol. The molecule has 0 aliphatic heterocycles. The molecule has 0 spiro atoms. The SMILES string of the molecule is Cc1csc(CNC2(CCO)CCC2)n1.Cl. The molecule has 0 aromatic carbocycles. The maximum Gasteiger partial charge on any atom is 0.107 e. The Kier molecular flexibility index (Phi) is 5.18. The number of hydrogen-bond acceptors (Lipinski definition) is 4. The zero-order valence-electron chi connectivity index (χ0n) is 9.53. The molecule has 16 heavy (non-hydrogen) atoms. The average Bonchev–Trinajstić information content (AvgIpc) is 2.56. The Morgan fingerprint density at radius 3 is 2.75 bits per heavy atom. The highest BCUT2D eigenvalue weighted by Gasteiger charge is 2.35. The molecule has 92 valence electrons. The van der Waals surface area contributed by atoms with E-state index in [0.29, 0.717) is 0 Å². The third-order valence-electron chi connectivity index (χ3n) is 3.18. The van der Waals surface area contributed by atoms with Crippen molar-refractivity contribution in [3.8, 4) is 0 Å². The van der Waals surface area contributed by atoms with Crippen LogP contribution in [0.3, 0.4) is 0 Å². The van der Waals surface area contributed by atoms with Crippen molar-refractivity contribution in [2.75, 3.05) is 6.61 Å². The van der Waals surface area contributed by atoms with Crippen LogP contribution in [0, 0.1) is 6.92 Å². The van der Waals surface area contributed by atoms with Crippen molar-refractivity contribution in [2.24, 2.45) is 0 Å². The minimum atomic E-state index is 0. The molecule has 2 N–H and O–H groups in total. The Morgan fingerprint density at radius 2 is 2.31 bits per heavy atom. The molecule has 0 bridgehead atoms. The van der Waals surface area contributed by atoms with Gasteiger partial charge in [-0.1, -0.05) is 0 Å². The number of aromatic nitrogens is 1. The third kappa shape index (κ3) is 3.17. The molecule has 1 aromatic rings. The van der Waals surface area contributed by atoms with Crippen LogP contribution in [-0.4, -0.2) is 22.2 Å². The van der Waals surface area contributed by atoms with Gasteiger partial charge in [0, 0.05) is 29.8 Å². The van der Waals surface area contributed by atoms with Crippen molar-refractivity contribution in [2.45, 2.75) is 44.7 Å². The van der Waals surface area contributed by atoms with Gasteiger partial charge in [0.1, 0.15) is 5.01 Å². The summed E-state index contributed by atoms with van der Waals surface area (Å²) >= 11 is 1.71. The predicted octanol–water partition coefficient (Wildman–Crippen LogP) is 2.27. The molecular formula is C11H19ClN2OS. The summed E-state index contributed by atoms with van der Waals surface area (Å²) in [4.78, 5) is 4.43. The first-order valence-electron chi connectivity index (χ1n) is 5.51. The lowest BCUT2D eigenvalue weighted by Gasteiger charge is -2.42. The highest BCUT2D eigenvalue weighted by atomic mass is 35.5. The fraction of sp³-hybridized carbons (Fsp3) is 0.727. The second-order valence-electron chi connectivity index (χ2n) is 4.34. The van der Waals surface area contributed by atoms with E-state index in [1.54, 1.807) is 11.3 Å². The first-order chi connectivity index (χ1) is 7.24. The molecule has 1 aliphatic carbocycles. The van der Waals surface area contributed by atoms with E-state index < -0.39 is 0 Å². The minimum Gasteiger partial charge on any atom is -0.396 e. The van der Waals surface area contributed by atoms with Gasteiger partial charge in [-0.05, 0) is 32.6 Å². The van der Waals surface area contributed by atoms with Gasteiger partial charge >= 0.3 is 0 Å². The summed E-state index contributed by atoms with van der Waals surface area (Å²) in [7, 11) is 0. The smallest absolute Gasteiger partial charge is 0.107 e. The van der Waals surface area contributed by atoms with Gasteiger partial charge in [0.05, 0.1) is 0 Å². The lowest BCUT2D eigenvalue weighted by molar-refractivity contribution is 0.130. The van der Waals surface area contributed by atoms with Crippen molar-refractivity contribution in [1.29, 1.82) is 0 Å². The second-order valence-corrected chi connectivity index (χ2v) is 5.29. The Labute approximate surface area is 107 Å². The Morgan fingerprint density at radius 1 is 1.56 bits per heavy atom. The molecule has 3 nitrogen and oxygen atoms in total. The molecule has 1 aromatic heterocycles. The van der Waals surface area contributed by atoms with Crippen LogP contribution in [0.5, 0.6) is 0 Å². The molecule has 0 radical (unpaired) electrons. The van der Waals surface area contributed by atoms with Gasteiger partial charge in [0.2, 0.25) is 0 Å². The molecule has 1 heterocycles. The Balaban J connectivity index is 0.00000128. The zero-order valence-corrected chi connectivity index (χ0v) is 11.2. The number of aryl methyl sites for hydroxylation is 1. The highest BCUT2D eigenvalue weighted by molar-refractivity contribution is 7.09. The quantitative estimate of drug-likeness (QED) is 0.856. The van der Waals surface area contributed by atoms with E-state index in [9.17, 15) is 0 Å². The number of rotatable bonds is 5.